The van der Waals surface area contributed by atoms with Crippen molar-refractivity contribution in [2.45, 2.75) is 13.0 Å². The van der Waals surface area contributed by atoms with Gasteiger partial charge in [-0.25, -0.2) is 17.9 Å². The van der Waals surface area contributed by atoms with Gasteiger partial charge >= 0.3 is 0 Å². The lowest BCUT2D eigenvalue weighted by molar-refractivity contribution is -0.120. The van der Waals surface area contributed by atoms with Gasteiger partial charge in [-0.3, -0.25) is 4.79 Å². The molecule has 0 spiro atoms. The number of carbonyl (C=O) groups excluding carboxylic acids is 1. The first-order chi connectivity index (χ1) is 12.0. The zero-order valence-corrected chi connectivity index (χ0v) is 13.0. The summed E-state index contributed by atoms with van der Waals surface area (Å²) in [5.74, 6) is -3.73. The summed E-state index contributed by atoms with van der Waals surface area (Å²) in [6.07, 6.45) is 2.94. The molecule has 1 aromatic heterocycles. The van der Waals surface area contributed by atoms with E-state index in [0.29, 0.717) is 12.1 Å². The Hall–Kier alpha value is -3.09. The van der Waals surface area contributed by atoms with E-state index in [1.54, 1.807) is 23.1 Å². The fraction of sp³-hybridized carbons (Fsp3) is 0.111. The van der Waals surface area contributed by atoms with Gasteiger partial charge in [0.05, 0.1) is 12.1 Å². The third-order valence-corrected chi connectivity index (χ3v) is 3.61. The van der Waals surface area contributed by atoms with Gasteiger partial charge < -0.3 is 5.32 Å². The molecule has 0 radical (unpaired) electrons. The van der Waals surface area contributed by atoms with E-state index in [9.17, 15) is 18.0 Å². The van der Waals surface area contributed by atoms with Gasteiger partial charge in [-0.1, -0.05) is 12.1 Å². The number of rotatable bonds is 5. The fourth-order valence-corrected chi connectivity index (χ4v) is 2.40. The number of nitrogens with zero attached hydrogens (tertiary/aromatic N) is 2. The van der Waals surface area contributed by atoms with Crippen LogP contribution >= 0.6 is 0 Å². The van der Waals surface area contributed by atoms with Crippen molar-refractivity contribution >= 4 is 5.91 Å². The molecule has 25 heavy (non-hydrogen) atoms. The van der Waals surface area contributed by atoms with Crippen LogP contribution in [-0.2, 0) is 17.8 Å². The van der Waals surface area contributed by atoms with Crippen molar-refractivity contribution < 1.29 is 18.0 Å². The Kier molecular flexibility index (Phi) is 4.83. The Bertz CT molecular complexity index is 871. The highest BCUT2D eigenvalue weighted by Gasteiger charge is 2.15. The summed E-state index contributed by atoms with van der Waals surface area (Å²) < 4.78 is 41.7. The van der Waals surface area contributed by atoms with E-state index >= 15 is 0 Å². The summed E-state index contributed by atoms with van der Waals surface area (Å²) in [6, 6.07) is 10.2. The highest BCUT2D eigenvalue weighted by atomic mass is 19.1. The number of aromatic nitrogens is 2. The van der Waals surface area contributed by atoms with Gasteiger partial charge in [0.1, 0.15) is 17.5 Å². The number of amides is 1. The summed E-state index contributed by atoms with van der Waals surface area (Å²) in [5.41, 5.74) is 1.18. The second-order valence-electron chi connectivity index (χ2n) is 5.42. The lowest BCUT2D eigenvalue weighted by Gasteiger charge is -2.09. The summed E-state index contributed by atoms with van der Waals surface area (Å²) in [7, 11) is 0. The Labute approximate surface area is 141 Å². The van der Waals surface area contributed by atoms with Gasteiger partial charge in [0.25, 0.3) is 0 Å². The lowest BCUT2D eigenvalue weighted by atomic mass is 10.1. The molecule has 0 atom stereocenters. The zero-order chi connectivity index (χ0) is 17.8. The van der Waals surface area contributed by atoms with Crippen molar-refractivity contribution in [2.24, 2.45) is 0 Å². The van der Waals surface area contributed by atoms with E-state index in [2.05, 4.69) is 10.4 Å². The molecular weight excluding hydrogens is 331 g/mol. The Morgan fingerprint density at radius 3 is 2.52 bits per heavy atom. The monoisotopic (exact) mass is 345 g/mol. The standard InChI is InChI=1S/C18H14F3N3O/c19-13-8-16(20)15(17(21)9-13)10-18(25)22-11-12-3-1-4-14(7-12)24-6-2-5-23-24/h1-9H,10-11H2,(H,22,25). The van der Waals surface area contributed by atoms with Crippen LogP contribution in [0, 0.1) is 17.5 Å². The molecule has 1 heterocycles. The molecule has 7 heteroatoms. The third kappa shape index (κ3) is 4.06. The van der Waals surface area contributed by atoms with Gasteiger partial charge in [-0.05, 0) is 23.8 Å². The van der Waals surface area contributed by atoms with Crippen LogP contribution < -0.4 is 5.32 Å². The average molecular weight is 345 g/mol. The summed E-state index contributed by atoms with van der Waals surface area (Å²) in [5, 5.41) is 6.71. The lowest BCUT2D eigenvalue weighted by Crippen LogP contribution is -2.25. The molecule has 2 aromatic carbocycles. The molecule has 3 rings (SSSR count). The Morgan fingerprint density at radius 2 is 1.84 bits per heavy atom. The maximum absolute atomic E-state index is 13.6. The van der Waals surface area contributed by atoms with Crippen LogP contribution in [-0.4, -0.2) is 15.7 Å². The number of benzene rings is 2. The van der Waals surface area contributed by atoms with E-state index < -0.39 is 35.3 Å². The summed E-state index contributed by atoms with van der Waals surface area (Å²) >= 11 is 0. The highest BCUT2D eigenvalue weighted by molar-refractivity contribution is 5.78. The summed E-state index contributed by atoms with van der Waals surface area (Å²) in [4.78, 5) is 11.9. The largest absolute Gasteiger partial charge is 0.352 e. The molecule has 4 nitrogen and oxygen atoms in total. The number of hydrogen-bond donors (Lipinski definition) is 1. The van der Waals surface area contributed by atoms with Crippen molar-refractivity contribution in [3.05, 3.63) is 83.4 Å². The van der Waals surface area contributed by atoms with Crippen LogP contribution in [0.2, 0.25) is 0 Å². The first kappa shape index (κ1) is 16.8. The van der Waals surface area contributed by atoms with E-state index in [1.165, 1.54) is 0 Å². The minimum atomic E-state index is -1.08. The minimum absolute atomic E-state index is 0.193. The maximum Gasteiger partial charge on any atom is 0.224 e. The average Bonchev–Trinajstić information content (AvgIpc) is 3.11. The van der Waals surface area contributed by atoms with Gasteiger partial charge in [-0.2, -0.15) is 5.10 Å². The SMILES string of the molecule is O=C(Cc1c(F)cc(F)cc1F)NCc1cccc(-n2cccn2)c1. The first-order valence-corrected chi connectivity index (χ1v) is 7.52. The molecule has 1 N–H and O–H groups in total. The van der Waals surface area contributed by atoms with Gasteiger partial charge in [0.2, 0.25) is 5.91 Å². The van der Waals surface area contributed by atoms with E-state index in [1.807, 2.05) is 24.3 Å². The molecule has 3 aromatic rings. The van der Waals surface area contributed by atoms with Crippen molar-refractivity contribution in [1.29, 1.82) is 0 Å². The highest BCUT2D eigenvalue weighted by Crippen LogP contribution is 2.15. The molecular formula is C18H14F3N3O. The predicted octanol–water partition coefficient (Wildman–Crippen LogP) is 3.15. The van der Waals surface area contributed by atoms with Crippen LogP contribution in [0.25, 0.3) is 5.69 Å². The molecule has 0 aliphatic carbocycles. The molecule has 0 fully saturated rings. The topological polar surface area (TPSA) is 46.9 Å². The molecule has 0 bridgehead atoms. The summed E-state index contributed by atoms with van der Waals surface area (Å²) in [6.45, 7) is 0.193. The minimum Gasteiger partial charge on any atom is -0.352 e. The van der Waals surface area contributed by atoms with Crippen LogP contribution in [0.15, 0.2) is 54.9 Å². The van der Waals surface area contributed by atoms with Crippen LogP contribution in [0.1, 0.15) is 11.1 Å². The Morgan fingerprint density at radius 1 is 1.08 bits per heavy atom. The Balaban J connectivity index is 1.64. The predicted molar refractivity (Wildman–Crippen MR) is 85.4 cm³/mol. The number of halogens is 3. The second kappa shape index (κ2) is 7.21. The normalized spacial score (nSPS) is 10.7. The van der Waals surface area contributed by atoms with Crippen LogP contribution in [0.3, 0.4) is 0 Å². The van der Waals surface area contributed by atoms with Crippen molar-refractivity contribution in [1.82, 2.24) is 15.1 Å². The smallest absolute Gasteiger partial charge is 0.224 e. The quantitative estimate of drug-likeness (QED) is 0.772. The maximum atomic E-state index is 13.6. The molecule has 0 unspecified atom stereocenters. The molecule has 0 aliphatic rings. The number of carbonyl (C=O) groups is 1. The van der Waals surface area contributed by atoms with E-state index in [0.717, 1.165) is 11.3 Å². The number of nitrogens with one attached hydrogen (secondary N) is 1. The van der Waals surface area contributed by atoms with E-state index in [-0.39, 0.29) is 6.54 Å². The second-order valence-corrected chi connectivity index (χ2v) is 5.42. The molecule has 0 saturated carbocycles. The van der Waals surface area contributed by atoms with Gasteiger partial charge in [0, 0.05) is 36.6 Å². The van der Waals surface area contributed by atoms with Crippen molar-refractivity contribution in [2.75, 3.05) is 0 Å². The van der Waals surface area contributed by atoms with Crippen molar-refractivity contribution in [3.8, 4) is 5.69 Å². The first-order valence-electron chi connectivity index (χ1n) is 7.52. The zero-order valence-electron chi connectivity index (χ0n) is 13.0. The molecule has 0 saturated heterocycles. The molecule has 128 valence electrons. The third-order valence-electron chi connectivity index (χ3n) is 3.61. The number of hydrogen-bond acceptors (Lipinski definition) is 2. The van der Waals surface area contributed by atoms with Crippen LogP contribution in [0.5, 0.6) is 0 Å². The van der Waals surface area contributed by atoms with Gasteiger partial charge in [0.15, 0.2) is 0 Å². The van der Waals surface area contributed by atoms with Crippen LogP contribution in [0.4, 0.5) is 13.2 Å². The van der Waals surface area contributed by atoms with Crippen molar-refractivity contribution in [3.63, 3.8) is 0 Å². The molecule has 1 amide bonds. The van der Waals surface area contributed by atoms with Gasteiger partial charge in [-0.15, -0.1) is 0 Å². The molecule has 0 aliphatic heterocycles. The van der Waals surface area contributed by atoms with E-state index in [4.69, 9.17) is 0 Å². The fourth-order valence-electron chi connectivity index (χ4n) is 2.40.